The highest BCUT2D eigenvalue weighted by Gasteiger charge is 2.32. The lowest BCUT2D eigenvalue weighted by atomic mass is 9.95. The lowest BCUT2D eigenvalue weighted by Crippen LogP contribution is -2.27. The first kappa shape index (κ1) is 9.12. The van der Waals surface area contributed by atoms with Crippen LogP contribution in [-0.4, -0.2) is 21.9 Å². The van der Waals surface area contributed by atoms with E-state index in [0.29, 0.717) is 6.42 Å². The van der Waals surface area contributed by atoms with Crippen molar-refractivity contribution in [2.24, 2.45) is 0 Å². The number of nitrogens with one attached hydrogen (secondary N) is 1. The van der Waals surface area contributed by atoms with Gasteiger partial charge in [-0.2, -0.15) is 0 Å². The summed E-state index contributed by atoms with van der Waals surface area (Å²) in [6.07, 6.45) is 4.75. The summed E-state index contributed by atoms with van der Waals surface area (Å²) in [5.74, 6) is 0.343. The van der Waals surface area contributed by atoms with E-state index in [0.717, 1.165) is 12.1 Å². The van der Waals surface area contributed by atoms with E-state index in [1.165, 1.54) is 6.33 Å². The van der Waals surface area contributed by atoms with Crippen molar-refractivity contribution < 1.29 is 4.79 Å². The fraction of sp³-hybridized carbons (Fsp3) is 0.500. The van der Waals surface area contributed by atoms with E-state index in [2.05, 4.69) is 22.2 Å². The van der Waals surface area contributed by atoms with Crippen LogP contribution in [0.3, 0.4) is 0 Å². The molecule has 0 aliphatic carbocycles. The van der Waals surface area contributed by atoms with Crippen molar-refractivity contribution in [3.8, 4) is 0 Å². The summed E-state index contributed by atoms with van der Waals surface area (Å²) in [7, 11) is 0. The summed E-state index contributed by atoms with van der Waals surface area (Å²) < 4.78 is 0. The predicted molar refractivity (Wildman–Crippen MR) is 51.6 cm³/mol. The minimum absolute atomic E-state index is 0.125. The number of hydrogen-bond acceptors (Lipinski definition) is 3. The first-order chi connectivity index (χ1) is 6.81. The van der Waals surface area contributed by atoms with Gasteiger partial charge in [0.2, 0.25) is 5.91 Å². The van der Waals surface area contributed by atoms with Crippen LogP contribution < -0.4 is 5.32 Å². The van der Waals surface area contributed by atoms with Gasteiger partial charge >= 0.3 is 0 Å². The standard InChI is InChI=1S/C10H13N3O/c1-2-8-7(5-10(14)13-8)9-3-4-11-6-12-9/h3-4,6-8H,2,5H2,1H3,(H,13,14). The Bertz CT molecular complexity index is 325. The molecular formula is C10H13N3O. The van der Waals surface area contributed by atoms with Crippen LogP contribution in [0.5, 0.6) is 0 Å². The molecule has 14 heavy (non-hydrogen) atoms. The van der Waals surface area contributed by atoms with Crippen LogP contribution in [0.15, 0.2) is 18.6 Å². The van der Waals surface area contributed by atoms with E-state index < -0.39 is 0 Å². The van der Waals surface area contributed by atoms with Gasteiger partial charge in [-0.3, -0.25) is 4.79 Å². The zero-order valence-corrected chi connectivity index (χ0v) is 8.10. The minimum Gasteiger partial charge on any atom is -0.353 e. The molecule has 1 saturated heterocycles. The molecule has 1 aromatic rings. The highest BCUT2D eigenvalue weighted by molar-refractivity contribution is 5.80. The molecule has 2 atom stereocenters. The molecule has 4 heteroatoms. The molecule has 0 radical (unpaired) electrons. The topological polar surface area (TPSA) is 54.9 Å². The van der Waals surface area contributed by atoms with Gasteiger partial charge in [-0.25, -0.2) is 9.97 Å². The molecular weight excluding hydrogens is 178 g/mol. The summed E-state index contributed by atoms with van der Waals surface area (Å²) in [4.78, 5) is 19.3. The first-order valence-electron chi connectivity index (χ1n) is 4.86. The van der Waals surface area contributed by atoms with Crippen LogP contribution in [0.25, 0.3) is 0 Å². The average Bonchev–Trinajstić information content (AvgIpc) is 2.61. The van der Waals surface area contributed by atoms with Crippen molar-refractivity contribution in [3.05, 3.63) is 24.3 Å². The summed E-state index contributed by atoms with van der Waals surface area (Å²) >= 11 is 0. The Kier molecular flexibility index (Phi) is 2.43. The van der Waals surface area contributed by atoms with Crippen molar-refractivity contribution in [1.82, 2.24) is 15.3 Å². The fourth-order valence-electron chi connectivity index (χ4n) is 1.93. The Morgan fingerprint density at radius 1 is 1.64 bits per heavy atom. The fourth-order valence-corrected chi connectivity index (χ4v) is 1.93. The van der Waals surface area contributed by atoms with Crippen molar-refractivity contribution >= 4 is 5.91 Å². The van der Waals surface area contributed by atoms with Crippen LogP contribution in [-0.2, 0) is 4.79 Å². The molecule has 1 aliphatic heterocycles. The van der Waals surface area contributed by atoms with Gasteiger partial charge in [0.1, 0.15) is 6.33 Å². The Morgan fingerprint density at radius 2 is 2.50 bits per heavy atom. The average molecular weight is 191 g/mol. The number of hydrogen-bond donors (Lipinski definition) is 1. The van der Waals surface area contributed by atoms with Gasteiger partial charge < -0.3 is 5.32 Å². The summed E-state index contributed by atoms with van der Waals surface area (Å²) in [6, 6.07) is 2.12. The van der Waals surface area contributed by atoms with E-state index in [4.69, 9.17) is 0 Å². The van der Waals surface area contributed by atoms with Crippen LogP contribution >= 0.6 is 0 Å². The van der Waals surface area contributed by atoms with Gasteiger partial charge in [-0.1, -0.05) is 6.92 Å². The smallest absolute Gasteiger partial charge is 0.220 e. The first-order valence-corrected chi connectivity index (χ1v) is 4.86. The van der Waals surface area contributed by atoms with Gasteiger partial charge in [0.05, 0.1) is 0 Å². The summed E-state index contributed by atoms with van der Waals surface area (Å²) in [6.45, 7) is 2.07. The van der Waals surface area contributed by atoms with Gasteiger partial charge in [0.15, 0.2) is 0 Å². The van der Waals surface area contributed by atoms with Crippen LogP contribution in [0.2, 0.25) is 0 Å². The number of nitrogens with zero attached hydrogens (tertiary/aromatic N) is 2. The molecule has 0 spiro atoms. The Hall–Kier alpha value is -1.45. The van der Waals surface area contributed by atoms with Crippen molar-refractivity contribution in [2.45, 2.75) is 31.7 Å². The summed E-state index contributed by atoms with van der Waals surface area (Å²) in [5.41, 5.74) is 0.963. The molecule has 1 aliphatic rings. The lowest BCUT2D eigenvalue weighted by Gasteiger charge is -2.15. The van der Waals surface area contributed by atoms with Crippen molar-refractivity contribution in [1.29, 1.82) is 0 Å². The number of rotatable bonds is 2. The van der Waals surface area contributed by atoms with E-state index in [1.54, 1.807) is 6.20 Å². The molecule has 74 valence electrons. The molecule has 2 rings (SSSR count). The summed E-state index contributed by atoms with van der Waals surface area (Å²) in [5, 5.41) is 2.95. The third-order valence-corrected chi connectivity index (χ3v) is 2.66. The second-order valence-electron chi connectivity index (χ2n) is 3.53. The minimum atomic E-state index is 0.125. The molecule has 2 heterocycles. The quantitative estimate of drug-likeness (QED) is 0.754. The zero-order chi connectivity index (χ0) is 9.97. The monoisotopic (exact) mass is 191 g/mol. The van der Waals surface area contributed by atoms with Crippen molar-refractivity contribution in [2.75, 3.05) is 0 Å². The van der Waals surface area contributed by atoms with Crippen LogP contribution in [0.4, 0.5) is 0 Å². The van der Waals surface area contributed by atoms with Crippen LogP contribution in [0, 0.1) is 0 Å². The zero-order valence-electron chi connectivity index (χ0n) is 8.10. The second-order valence-corrected chi connectivity index (χ2v) is 3.53. The molecule has 0 saturated carbocycles. The third-order valence-electron chi connectivity index (χ3n) is 2.66. The van der Waals surface area contributed by atoms with E-state index in [-0.39, 0.29) is 17.9 Å². The molecule has 4 nitrogen and oxygen atoms in total. The Morgan fingerprint density at radius 3 is 3.14 bits per heavy atom. The third kappa shape index (κ3) is 1.60. The van der Waals surface area contributed by atoms with Gasteiger partial charge in [0, 0.05) is 30.3 Å². The maximum atomic E-state index is 11.2. The van der Waals surface area contributed by atoms with E-state index >= 15 is 0 Å². The number of carbonyl (C=O) groups excluding carboxylic acids is 1. The van der Waals surface area contributed by atoms with E-state index in [1.807, 2.05) is 6.07 Å². The Labute approximate surface area is 82.8 Å². The van der Waals surface area contributed by atoms with Gasteiger partial charge in [0.25, 0.3) is 0 Å². The number of amides is 1. The predicted octanol–water partition coefficient (Wildman–Crippen LogP) is 0.859. The molecule has 1 fully saturated rings. The maximum absolute atomic E-state index is 11.2. The number of carbonyl (C=O) groups is 1. The number of aromatic nitrogens is 2. The lowest BCUT2D eigenvalue weighted by molar-refractivity contribution is -0.119. The highest BCUT2D eigenvalue weighted by atomic mass is 16.2. The van der Waals surface area contributed by atoms with E-state index in [9.17, 15) is 4.79 Å². The van der Waals surface area contributed by atoms with Crippen molar-refractivity contribution in [3.63, 3.8) is 0 Å². The molecule has 0 aromatic carbocycles. The van der Waals surface area contributed by atoms with Gasteiger partial charge in [-0.15, -0.1) is 0 Å². The normalized spacial score (nSPS) is 26.2. The Balaban J connectivity index is 2.22. The molecule has 0 bridgehead atoms. The second kappa shape index (κ2) is 3.74. The SMILES string of the molecule is CCC1NC(=O)CC1c1ccncn1. The molecule has 1 N–H and O–H groups in total. The molecule has 1 amide bonds. The molecule has 1 aromatic heterocycles. The molecule has 2 unspecified atom stereocenters. The van der Waals surface area contributed by atoms with Crippen LogP contribution in [0.1, 0.15) is 31.4 Å². The maximum Gasteiger partial charge on any atom is 0.220 e. The highest BCUT2D eigenvalue weighted by Crippen LogP contribution is 2.27. The van der Waals surface area contributed by atoms with Gasteiger partial charge in [-0.05, 0) is 12.5 Å². The largest absolute Gasteiger partial charge is 0.353 e.